The van der Waals surface area contributed by atoms with Crippen LogP contribution >= 0.6 is 0 Å². The molecule has 4 aromatic rings. The molecule has 2 aromatic carbocycles. The molecule has 1 aliphatic rings. The minimum atomic E-state index is -3.71. The smallest absolute Gasteiger partial charge is 0.242 e. The minimum Gasteiger partial charge on any atom is -0.361 e. The fraction of sp³-hybridized carbons (Fsp3) is 0.273. The van der Waals surface area contributed by atoms with E-state index >= 15 is 0 Å². The number of anilines is 1. The molecule has 1 aliphatic carbocycles. The van der Waals surface area contributed by atoms with Gasteiger partial charge in [-0.1, -0.05) is 11.2 Å². The molecule has 33 heavy (non-hydrogen) atoms. The van der Waals surface area contributed by atoms with E-state index in [2.05, 4.69) is 10.5 Å². The lowest BCUT2D eigenvalue weighted by atomic mass is 10.00. The van der Waals surface area contributed by atoms with E-state index in [0.717, 1.165) is 5.56 Å². The van der Waals surface area contributed by atoms with Crippen molar-refractivity contribution >= 4 is 55.0 Å². The van der Waals surface area contributed by atoms with Crippen molar-refractivity contribution in [2.75, 3.05) is 5.32 Å². The summed E-state index contributed by atoms with van der Waals surface area (Å²) in [5.41, 5.74) is 3.88. The molecule has 172 valence electrons. The van der Waals surface area contributed by atoms with Gasteiger partial charge in [-0.25, -0.2) is 16.6 Å². The van der Waals surface area contributed by atoms with Gasteiger partial charge in [0.2, 0.25) is 16.4 Å². The molecule has 1 fully saturated rings. The minimum absolute atomic E-state index is 0.0824. The van der Waals surface area contributed by atoms with Crippen molar-refractivity contribution in [3.63, 3.8) is 0 Å². The monoisotopic (exact) mass is 487 g/mol. The molecule has 1 atom stereocenters. The highest BCUT2D eigenvalue weighted by molar-refractivity contribution is 7.91. The summed E-state index contributed by atoms with van der Waals surface area (Å²) in [5, 5.41) is 7.40. The SMILES string of the molecule is Cc1noc(C)c1-c1cc(NC=O)c2c(c1)c1cc(CS(=O)O)ccc1n2S(=O)(=O)C1CC1. The first kappa shape index (κ1) is 21.8. The molecule has 9 nitrogen and oxygen atoms in total. The van der Waals surface area contributed by atoms with Gasteiger partial charge >= 0.3 is 0 Å². The van der Waals surface area contributed by atoms with Crippen LogP contribution in [0.2, 0.25) is 0 Å². The number of benzene rings is 2. The third-order valence-electron chi connectivity index (χ3n) is 5.91. The van der Waals surface area contributed by atoms with Crippen molar-refractivity contribution in [2.24, 2.45) is 0 Å². The molecule has 0 saturated heterocycles. The summed E-state index contributed by atoms with van der Waals surface area (Å²) in [6.07, 6.45) is 1.68. The number of nitrogens with zero attached hydrogens (tertiary/aromatic N) is 2. The Morgan fingerprint density at radius 2 is 2.00 bits per heavy atom. The van der Waals surface area contributed by atoms with Crippen molar-refractivity contribution in [3.8, 4) is 11.1 Å². The van der Waals surface area contributed by atoms with Crippen LogP contribution in [0, 0.1) is 13.8 Å². The number of hydrogen-bond donors (Lipinski definition) is 2. The van der Waals surface area contributed by atoms with Crippen LogP contribution < -0.4 is 5.32 Å². The molecule has 5 rings (SSSR count). The molecule has 1 saturated carbocycles. The lowest BCUT2D eigenvalue weighted by molar-refractivity contribution is -0.105. The van der Waals surface area contributed by atoms with E-state index in [1.807, 2.05) is 6.07 Å². The zero-order valence-electron chi connectivity index (χ0n) is 17.9. The molecule has 0 radical (unpaired) electrons. The van der Waals surface area contributed by atoms with E-state index in [9.17, 15) is 22.0 Å². The number of aromatic nitrogens is 2. The van der Waals surface area contributed by atoms with Crippen LogP contribution in [0.25, 0.3) is 32.9 Å². The molecule has 0 bridgehead atoms. The second kappa shape index (κ2) is 7.79. The Bertz CT molecular complexity index is 1540. The highest BCUT2D eigenvalue weighted by Crippen LogP contribution is 2.42. The molecule has 2 heterocycles. The van der Waals surface area contributed by atoms with E-state index < -0.39 is 26.4 Å². The van der Waals surface area contributed by atoms with Crippen molar-refractivity contribution in [3.05, 3.63) is 47.3 Å². The van der Waals surface area contributed by atoms with Gasteiger partial charge in [-0.3, -0.25) is 4.79 Å². The first-order valence-corrected chi connectivity index (χ1v) is 13.1. The number of hydrogen-bond acceptors (Lipinski definition) is 6. The number of amides is 1. The van der Waals surface area contributed by atoms with Crippen LogP contribution in [0.3, 0.4) is 0 Å². The predicted octanol–water partition coefficient (Wildman–Crippen LogP) is 3.70. The number of fused-ring (bicyclic) bond motifs is 3. The summed E-state index contributed by atoms with van der Waals surface area (Å²) in [6, 6.07) is 8.59. The summed E-state index contributed by atoms with van der Waals surface area (Å²) in [7, 11) is -3.71. The number of nitrogens with one attached hydrogen (secondary N) is 1. The van der Waals surface area contributed by atoms with Crippen LogP contribution in [0.4, 0.5) is 5.69 Å². The molecule has 1 unspecified atom stereocenters. The van der Waals surface area contributed by atoms with Crippen molar-refractivity contribution in [1.29, 1.82) is 0 Å². The Morgan fingerprint density at radius 3 is 2.61 bits per heavy atom. The average Bonchev–Trinajstić information content (AvgIpc) is 3.49. The van der Waals surface area contributed by atoms with Crippen LogP contribution in [-0.2, 0) is 31.7 Å². The molecule has 2 aromatic heterocycles. The van der Waals surface area contributed by atoms with Crippen LogP contribution in [0.15, 0.2) is 34.9 Å². The summed E-state index contributed by atoms with van der Waals surface area (Å²) in [5.74, 6) is 0.510. The first-order valence-electron chi connectivity index (χ1n) is 10.3. The maximum Gasteiger partial charge on any atom is 0.242 e. The second-order valence-corrected chi connectivity index (χ2v) is 11.2. The second-order valence-electron chi connectivity index (χ2n) is 8.21. The van der Waals surface area contributed by atoms with Gasteiger partial charge in [0.25, 0.3) is 0 Å². The maximum atomic E-state index is 13.5. The van der Waals surface area contributed by atoms with Crippen molar-refractivity contribution in [2.45, 2.75) is 37.7 Å². The fourth-order valence-corrected chi connectivity index (χ4v) is 6.76. The summed E-state index contributed by atoms with van der Waals surface area (Å²) >= 11 is -2.05. The van der Waals surface area contributed by atoms with Gasteiger partial charge in [-0.15, -0.1) is 0 Å². The van der Waals surface area contributed by atoms with E-state index in [1.54, 1.807) is 38.1 Å². The van der Waals surface area contributed by atoms with Gasteiger partial charge in [0.05, 0.1) is 33.4 Å². The van der Waals surface area contributed by atoms with Crippen molar-refractivity contribution in [1.82, 2.24) is 9.13 Å². The van der Waals surface area contributed by atoms with Gasteiger partial charge in [-0.2, -0.15) is 0 Å². The fourth-order valence-electron chi connectivity index (χ4n) is 4.38. The van der Waals surface area contributed by atoms with E-state index in [0.29, 0.717) is 69.3 Å². The quantitative estimate of drug-likeness (QED) is 0.300. The van der Waals surface area contributed by atoms with Gasteiger partial charge in [0.1, 0.15) is 5.76 Å². The number of rotatable bonds is 7. The van der Waals surface area contributed by atoms with E-state index in [4.69, 9.17) is 4.52 Å². The normalized spacial score (nSPS) is 15.2. The van der Waals surface area contributed by atoms with Gasteiger partial charge < -0.3 is 14.4 Å². The van der Waals surface area contributed by atoms with Crippen LogP contribution in [-0.4, -0.2) is 38.0 Å². The lowest BCUT2D eigenvalue weighted by Gasteiger charge is -2.12. The van der Waals surface area contributed by atoms with Gasteiger partial charge in [-0.05, 0) is 62.1 Å². The summed E-state index contributed by atoms with van der Waals surface area (Å²) in [4.78, 5) is 11.5. The molecule has 0 spiro atoms. The third kappa shape index (κ3) is 3.56. The molecular formula is C22H21N3O6S2. The predicted molar refractivity (Wildman–Crippen MR) is 126 cm³/mol. The standard InChI is InChI=1S/C22H21N3O6S2/c1-12-21(13(2)31-24-12)15-8-18-17-7-14(10-32(27)28)3-6-20(17)25(33(29,30)16-4-5-16)22(18)19(9-15)23-11-26/h3,6-9,11,16H,4-5,10H2,1-2H3,(H,23,26)(H,27,28). The zero-order chi connectivity index (χ0) is 23.5. The molecule has 11 heteroatoms. The Balaban J connectivity index is 1.93. The van der Waals surface area contributed by atoms with Gasteiger partial charge in [0, 0.05) is 16.3 Å². The summed E-state index contributed by atoms with van der Waals surface area (Å²) in [6.45, 7) is 3.58. The Morgan fingerprint density at radius 1 is 1.24 bits per heavy atom. The highest BCUT2D eigenvalue weighted by atomic mass is 32.2. The first-order chi connectivity index (χ1) is 15.7. The maximum absolute atomic E-state index is 13.5. The van der Waals surface area contributed by atoms with E-state index in [1.165, 1.54) is 3.97 Å². The topological polar surface area (TPSA) is 132 Å². The summed E-state index contributed by atoms with van der Waals surface area (Å²) < 4.78 is 54.3. The molecule has 1 amide bonds. The number of aryl methyl sites for hydroxylation is 2. The third-order valence-corrected chi connectivity index (χ3v) is 8.69. The zero-order valence-corrected chi connectivity index (χ0v) is 19.5. The Kier molecular flexibility index (Phi) is 5.15. The van der Waals surface area contributed by atoms with Crippen LogP contribution in [0.1, 0.15) is 29.9 Å². The average molecular weight is 488 g/mol. The molecular weight excluding hydrogens is 466 g/mol. The molecule has 2 N–H and O–H groups in total. The Hall–Kier alpha value is -3.02. The van der Waals surface area contributed by atoms with Crippen LogP contribution in [0.5, 0.6) is 0 Å². The number of carbonyl (C=O) groups is 1. The molecule has 0 aliphatic heterocycles. The largest absolute Gasteiger partial charge is 0.361 e. The number of carbonyl (C=O) groups excluding carboxylic acids is 1. The van der Waals surface area contributed by atoms with Crippen molar-refractivity contribution < 1.29 is 26.5 Å². The Labute approximate surface area is 192 Å². The lowest BCUT2D eigenvalue weighted by Crippen LogP contribution is -2.17. The highest BCUT2D eigenvalue weighted by Gasteiger charge is 2.39. The van der Waals surface area contributed by atoms with Gasteiger partial charge in [0.15, 0.2) is 11.1 Å². The van der Waals surface area contributed by atoms with E-state index in [-0.39, 0.29) is 5.75 Å².